The summed E-state index contributed by atoms with van der Waals surface area (Å²) in [5.41, 5.74) is 0. The molecule has 5 heteroatoms. The average molecular weight is 461 g/mol. The van der Waals surface area contributed by atoms with E-state index < -0.39 is 9.28 Å². The van der Waals surface area contributed by atoms with E-state index >= 15 is 0 Å². The maximum Gasteiger partial charge on any atom is 0.321 e. The summed E-state index contributed by atoms with van der Waals surface area (Å²) in [6.07, 6.45) is 22.5. The highest BCUT2D eigenvalue weighted by Crippen LogP contribution is 2.14. The van der Waals surface area contributed by atoms with Crippen LogP contribution >= 0.6 is 0 Å². The zero-order chi connectivity index (χ0) is 22.7. The number of hydrogen-bond donors (Lipinski definition) is 0. The van der Waals surface area contributed by atoms with Gasteiger partial charge in [-0.3, -0.25) is 0 Å². The van der Waals surface area contributed by atoms with E-state index in [1.54, 1.807) is 0 Å². The second kappa shape index (κ2) is 28.1. The molecule has 0 amide bonds. The summed E-state index contributed by atoms with van der Waals surface area (Å²) < 4.78 is 22.7. The average Bonchev–Trinajstić information content (AvgIpc) is 2.78. The van der Waals surface area contributed by atoms with Crippen molar-refractivity contribution in [3.8, 4) is 0 Å². The Labute approximate surface area is 197 Å². The molecule has 188 valence electrons. The van der Waals surface area contributed by atoms with Crippen LogP contribution in [0.1, 0.15) is 124 Å². The molecule has 0 rings (SSSR count). The number of hydrogen-bond acceptors (Lipinski definition) is 4. The van der Waals surface area contributed by atoms with Crippen molar-refractivity contribution in [3.05, 3.63) is 0 Å². The van der Waals surface area contributed by atoms with Gasteiger partial charge in [0.1, 0.15) is 0 Å². The quantitative estimate of drug-likeness (QED) is 0.0935. The van der Waals surface area contributed by atoms with Crippen molar-refractivity contribution in [1.82, 2.24) is 0 Å². The van der Waals surface area contributed by atoms with Crippen LogP contribution in [0.25, 0.3) is 0 Å². The second-order valence-corrected chi connectivity index (χ2v) is 10.8. The van der Waals surface area contributed by atoms with E-state index in [-0.39, 0.29) is 0 Å². The fraction of sp³-hybridized carbons (Fsp3) is 1.00. The number of unbranched alkanes of at least 4 members (excludes halogenated alkanes) is 15. The minimum atomic E-state index is -1.57. The molecular weight excluding hydrogens is 404 g/mol. The van der Waals surface area contributed by atoms with Crippen molar-refractivity contribution in [2.75, 3.05) is 39.6 Å². The van der Waals surface area contributed by atoms with Crippen LogP contribution in [-0.4, -0.2) is 48.9 Å². The molecule has 0 unspecified atom stereocenters. The van der Waals surface area contributed by atoms with Crippen LogP contribution in [-0.2, 0) is 18.3 Å². The highest BCUT2D eigenvalue weighted by atomic mass is 28.3. The third-order valence-corrected chi connectivity index (χ3v) is 7.86. The van der Waals surface area contributed by atoms with Gasteiger partial charge >= 0.3 is 9.28 Å². The lowest BCUT2D eigenvalue weighted by molar-refractivity contribution is 0.0748. The van der Waals surface area contributed by atoms with Crippen LogP contribution in [0.4, 0.5) is 0 Å². The molecule has 0 saturated carbocycles. The Hall–Kier alpha value is 0.0569. The van der Waals surface area contributed by atoms with Crippen molar-refractivity contribution >= 4 is 9.28 Å². The van der Waals surface area contributed by atoms with Crippen molar-refractivity contribution in [3.63, 3.8) is 0 Å². The van der Waals surface area contributed by atoms with Gasteiger partial charge in [-0.25, -0.2) is 0 Å². The van der Waals surface area contributed by atoms with Gasteiger partial charge in [0.15, 0.2) is 0 Å². The lowest BCUT2D eigenvalue weighted by atomic mass is 10.0. The smallest absolute Gasteiger partial charge is 0.321 e. The Morgan fingerprint density at radius 1 is 0.419 bits per heavy atom. The Kier molecular flexibility index (Phi) is 28.1. The molecule has 0 atom stereocenters. The van der Waals surface area contributed by atoms with Crippen molar-refractivity contribution < 1.29 is 18.3 Å². The molecule has 0 saturated heterocycles. The SMILES string of the molecule is CCCCCCCCCCCCCCCCCC[SiH](OCCOCC)OCCOCC. The van der Waals surface area contributed by atoms with E-state index in [4.69, 9.17) is 18.3 Å². The summed E-state index contributed by atoms with van der Waals surface area (Å²) in [4.78, 5) is 0. The van der Waals surface area contributed by atoms with Crippen LogP contribution in [0, 0.1) is 0 Å². The van der Waals surface area contributed by atoms with Gasteiger partial charge in [0.05, 0.1) is 26.4 Å². The van der Waals surface area contributed by atoms with Gasteiger partial charge in [0, 0.05) is 13.2 Å². The molecule has 0 aromatic heterocycles. The number of rotatable bonds is 27. The van der Waals surface area contributed by atoms with Crippen LogP contribution in [0.5, 0.6) is 0 Å². The molecule has 0 radical (unpaired) electrons. The first kappa shape index (κ1) is 31.1. The summed E-state index contributed by atoms with van der Waals surface area (Å²) in [6, 6.07) is 1.11. The lowest BCUT2D eigenvalue weighted by Gasteiger charge is -2.17. The summed E-state index contributed by atoms with van der Waals surface area (Å²) in [5.74, 6) is 0. The predicted octanol–water partition coefficient (Wildman–Crippen LogP) is 7.57. The largest absolute Gasteiger partial charge is 0.394 e. The molecule has 0 bridgehead atoms. The lowest BCUT2D eigenvalue weighted by Crippen LogP contribution is -2.26. The van der Waals surface area contributed by atoms with E-state index in [1.165, 1.54) is 103 Å². The van der Waals surface area contributed by atoms with Crippen LogP contribution < -0.4 is 0 Å². The molecule has 0 N–H and O–H groups in total. The van der Waals surface area contributed by atoms with Crippen LogP contribution in [0.2, 0.25) is 6.04 Å². The molecule has 0 aromatic rings. The minimum Gasteiger partial charge on any atom is -0.394 e. The van der Waals surface area contributed by atoms with Gasteiger partial charge in [-0.1, -0.05) is 110 Å². The van der Waals surface area contributed by atoms with Crippen LogP contribution in [0.3, 0.4) is 0 Å². The zero-order valence-electron chi connectivity index (χ0n) is 21.5. The highest BCUT2D eigenvalue weighted by Gasteiger charge is 2.13. The van der Waals surface area contributed by atoms with E-state index in [0.29, 0.717) is 26.4 Å². The van der Waals surface area contributed by atoms with Gasteiger partial charge in [-0.2, -0.15) is 0 Å². The highest BCUT2D eigenvalue weighted by molar-refractivity contribution is 6.44. The Bertz CT molecular complexity index is 306. The van der Waals surface area contributed by atoms with Crippen molar-refractivity contribution in [2.24, 2.45) is 0 Å². The van der Waals surface area contributed by atoms with E-state index in [2.05, 4.69) is 6.92 Å². The molecular formula is C26H56O4Si. The fourth-order valence-corrected chi connectivity index (χ4v) is 5.61. The topological polar surface area (TPSA) is 36.9 Å². The minimum absolute atomic E-state index is 0.665. The van der Waals surface area contributed by atoms with Gasteiger partial charge in [-0.05, 0) is 19.9 Å². The molecule has 0 aromatic carbocycles. The van der Waals surface area contributed by atoms with Crippen molar-refractivity contribution in [1.29, 1.82) is 0 Å². The first-order valence-corrected chi connectivity index (χ1v) is 15.5. The molecule has 0 aliphatic carbocycles. The second-order valence-electron chi connectivity index (χ2n) is 8.66. The van der Waals surface area contributed by atoms with E-state index in [1.807, 2.05) is 13.8 Å². The van der Waals surface area contributed by atoms with E-state index in [9.17, 15) is 0 Å². The Balaban J connectivity index is 3.45. The first-order chi connectivity index (χ1) is 15.3. The third-order valence-electron chi connectivity index (χ3n) is 5.76. The maximum absolute atomic E-state index is 5.98. The molecule has 0 aliphatic heterocycles. The van der Waals surface area contributed by atoms with E-state index in [0.717, 1.165) is 19.3 Å². The summed E-state index contributed by atoms with van der Waals surface area (Å²) in [6.45, 7) is 10.5. The Morgan fingerprint density at radius 3 is 1.13 bits per heavy atom. The number of ether oxygens (including phenoxy) is 2. The standard InChI is InChI=1S/C26H56O4Si/c1-4-7-8-9-10-11-12-13-14-15-16-17-18-19-20-21-26-31(29-24-22-27-5-2)30-25-23-28-6-3/h31H,4-26H2,1-3H3. The first-order valence-electron chi connectivity index (χ1n) is 13.7. The normalized spacial score (nSPS) is 11.6. The summed E-state index contributed by atoms with van der Waals surface area (Å²) in [5, 5.41) is 0. The van der Waals surface area contributed by atoms with Crippen LogP contribution in [0.15, 0.2) is 0 Å². The third kappa shape index (κ3) is 26.2. The summed E-state index contributed by atoms with van der Waals surface area (Å²) >= 11 is 0. The molecule has 0 fully saturated rings. The summed E-state index contributed by atoms with van der Waals surface area (Å²) in [7, 11) is -1.57. The molecule has 0 heterocycles. The van der Waals surface area contributed by atoms with Crippen molar-refractivity contribution in [2.45, 2.75) is 130 Å². The Morgan fingerprint density at radius 2 is 0.774 bits per heavy atom. The zero-order valence-corrected chi connectivity index (χ0v) is 22.6. The predicted molar refractivity (Wildman–Crippen MR) is 136 cm³/mol. The monoisotopic (exact) mass is 460 g/mol. The fourth-order valence-electron chi connectivity index (χ4n) is 3.84. The maximum atomic E-state index is 5.98. The van der Waals surface area contributed by atoms with Gasteiger partial charge in [0.25, 0.3) is 0 Å². The van der Waals surface area contributed by atoms with Gasteiger partial charge in [-0.15, -0.1) is 0 Å². The molecule has 0 spiro atoms. The van der Waals surface area contributed by atoms with Gasteiger partial charge < -0.3 is 18.3 Å². The molecule has 31 heavy (non-hydrogen) atoms. The van der Waals surface area contributed by atoms with Gasteiger partial charge in [0.2, 0.25) is 0 Å². The molecule has 0 aliphatic rings. The molecule has 4 nitrogen and oxygen atoms in total.